The number of pyridine rings is 1. The van der Waals surface area contributed by atoms with Gasteiger partial charge in [0, 0.05) is 48.0 Å². The molecule has 1 N–H and O–H groups in total. The standard InChI is InChI=1S/C16H20BrN3O/c1-11-12(5-6-21-11)10-20(2)16-13(7-14(17)9-19-16)8-18-15-3-4-15/h5-7,9,15,18H,3-4,8,10H2,1-2H3. The van der Waals surface area contributed by atoms with Crippen LogP contribution in [0.2, 0.25) is 0 Å². The summed E-state index contributed by atoms with van der Waals surface area (Å²) in [5, 5.41) is 3.56. The second-order valence-corrected chi connectivity index (χ2v) is 6.57. The van der Waals surface area contributed by atoms with Gasteiger partial charge in [-0.2, -0.15) is 0 Å². The first kappa shape index (κ1) is 14.6. The summed E-state index contributed by atoms with van der Waals surface area (Å²) in [6.07, 6.45) is 6.18. The van der Waals surface area contributed by atoms with Crippen LogP contribution < -0.4 is 10.2 Å². The van der Waals surface area contributed by atoms with Crippen molar-refractivity contribution < 1.29 is 4.42 Å². The first-order valence-corrected chi connectivity index (χ1v) is 8.04. The van der Waals surface area contributed by atoms with Crippen LogP contribution in [0.25, 0.3) is 0 Å². The third kappa shape index (κ3) is 3.66. The van der Waals surface area contributed by atoms with E-state index >= 15 is 0 Å². The molecule has 0 amide bonds. The molecule has 2 heterocycles. The van der Waals surface area contributed by atoms with Gasteiger partial charge in [0.25, 0.3) is 0 Å². The number of anilines is 1. The van der Waals surface area contributed by atoms with Crippen LogP contribution in [0.15, 0.2) is 33.5 Å². The molecular formula is C16H20BrN3O. The smallest absolute Gasteiger partial charge is 0.133 e. The number of furan rings is 1. The lowest BCUT2D eigenvalue weighted by Crippen LogP contribution is -2.22. The quantitative estimate of drug-likeness (QED) is 0.864. The van der Waals surface area contributed by atoms with Gasteiger partial charge < -0.3 is 14.6 Å². The third-order valence-corrected chi connectivity index (χ3v) is 4.24. The number of hydrogen-bond donors (Lipinski definition) is 1. The Labute approximate surface area is 133 Å². The molecule has 1 aliphatic carbocycles. The van der Waals surface area contributed by atoms with Crippen molar-refractivity contribution in [3.8, 4) is 0 Å². The Morgan fingerprint density at radius 1 is 1.43 bits per heavy atom. The molecular weight excluding hydrogens is 330 g/mol. The molecule has 21 heavy (non-hydrogen) atoms. The Balaban J connectivity index is 1.77. The maximum Gasteiger partial charge on any atom is 0.133 e. The van der Waals surface area contributed by atoms with E-state index in [1.54, 1.807) is 6.26 Å². The molecule has 0 atom stereocenters. The van der Waals surface area contributed by atoms with E-state index in [4.69, 9.17) is 4.42 Å². The summed E-state index contributed by atoms with van der Waals surface area (Å²) < 4.78 is 6.39. The van der Waals surface area contributed by atoms with Crippen LogP contribution in [0.5, 0.6) is 0 Å². The topological polar surface area (TPSA) is 41.3 Å². The van der Waals surface area contributed by atoms with Gasteiger partial charge in [-0.25, -0.2) is 4.98 Å². The van der Waals surface area contributed by atoms with Crippen molar-refractivity contribution in [2.45, 2.75) is 38.9 Å². The largest absolute Gasteiger partial charge is 0.469 e. The van der Waals surface area contributed by atoms with Crippen molar-refractivity contribution in [2.75, 3.05) is 11.9 Å². The molecule has 5 heteroatoms. The lowest BCUT2D eigenvalue weighted by molar-refractivity contribution is 0.529. The highest BCUT2D eigenvalue weighted by Crippen LogP contribution is 2.25. The summed E-state index contributed by atoms with van der Waals surface area (Å²) in [5.41, 5.74) is 2.42. The van der Waals surface area contributed by atoms with Gasteiger partial charge in [-0.15, -0.1) is 0 Å². The van der Waals surface area contributed by atoms with Crippen molar-refractivity contribution in [1.82, 2.24) is 10.3 Å². The minimum absolute atomic E-state index is 0.693. The van der Waals surface area contributed by atoms with Gasteiger partial charge in [-0.3, -0.25) is 0 Å². The van der Waals surface area contributed by atoms with Gasteiger partial charge in [-0.05, 0) is 47.8 Å². The number of aryl methyl sites for hydroxylation is 1. The number of aromatic nitrogens is 1. The summed E-state index contributed by atoms with van der Waals surface area (Å²) in [5.74, 6) is 1.99. The van der Waals surface area contributed by atoms with Gasteiger partial charge >= 0.3 is 0 Å². The Kier molecular flexibility index (Phi) is 4.31. The second-order valence-electron chi connectivity index (χ2n) is 5.65. The lowest BCUT2D eigenvalue weighted by atomic mass is 10.2. The van der Waals surface area contributed by atoms with Crippen LogP contribution in [0.4, 0.5) is 5.82 Å². The maximum atomic E-state index is 5.37. The third-order valence-electron chi connectivity index (χ3n) is 3.80. The van der Waals surface area contributed by atoms with Gasteiger partial charge in [0.15, 0.2) is 0 Å². The molecule has 0 radical (unpaired) electrons. The molecule has 1 saturated carbocycles. The number of halogens is 1. The molecule has 3 rings (SSSR count). The molecule has 0 aromatic carbocycles. The first-order valence-electron chi connectivity index (χ1n) is 7.25. The maximum absolute atomic E-state index is 5.37. The summed E-state index contributed by atoms with van der Waals surface area (Å²) in [6.45, 7) is 3.66. The highest BCUT2D eigenvalue weighted by atomic mass is 79.9. The molecule has 0 aliphatic heterocycles. The molecule has 0 saturated heterocycles. The van der Waals surface area contributed by atoms with E-state index in [2.05, 4.69) is 44.2 Å². The van der Waals surface area contributed by atoms with Crippen molar-refractivity contribution >= 4 is 21.7 Å². The Hall–Kier alpha value is -1.33. The lowest BCUT2D eigenvalue weighted by Gasteiger charge is -2.21. The van der Waals surface area contributed by atoms with E-state index in [0.29, 0.717) is 6.04 Å². The summed E-state index contributed by atoms with van der Waals surface area (Å²) >= 11 is 3.52. The zero-order valence-electron chi connectivity index (χ0n) is 12.4. The van der Waals surface area contributed by atoms with E-state index in [9.17, 15) is 0 Å². The summed E-state index contributed by atoms with van der Waals surface area (Å²) in [4.78, 5) is 6.77. The minimum Gasteiger partial charge on any atom is -0.469 e. The predicted molar refractivity (Wildman–Crippen MR) is 87.4 cm³/mol. The number of nitrogens with zero attached hydrogens (tertiary/aromatic N) is 2. The SMILES string of the molecule is Cc1occc1CN(C)c1ncc(Br)cc1CNC1CC1. The van der Waals surface area contributed by atoms with E-state index < -0.39 is 0 Å². The van der Waals surface area contributed by atoms with E-state index in [0.717, 1.165) is 29.1 Å². The fourth-order valence-corrected chi connectivity index (χ4v) is 2.77. The van der Waals surface area contributed by atoms with Crippen molar-refractivity contribution in [1.29, 1.82) is 0 Å². The van der Waals surface area contributed by atoms with Crippen LogP contribution in [-0.4, -0.2) is 18.1 Å². The Morgan fingerprint density at radius 3 is 2.90 bits per heavy atom. The molecule has 0 bridgehead atoms. The second kappa shape index (κ2) is 6.20. The number of rotatable bonds is 6. The molecule has 2 aromatic heterocycles. The Bertz CT molecular complexity index is 622. The van der Waals surface area contributed by atoms with Gasteiger partial charge in [0.05, 0.1) is 6.26 Å². The van der Waals surface area contributed by atoms with E-state index in [1.807, 2.05) is 19.2 Å². The van der Waals surface area contributed by atoms with Crippen LogP contribution >= 0.6 is 15.9 Å². The van der Waals surface area contributed by atoms with Gasteiger partial charge in [0.2, 0.25) is 0 Å². The zero-order valence-corrected chi connectivity index (χ0v) is 14.0. The molecule has 0 spiro atoms. The summed E-state index contributed by atoms with van der Waals surface area (Å²) in [7, 11) is 2.07. The number of hydrogen-bond acceptors (Lipinski definition) is 4. The highest BCUT2D eigenvalue weighted by Gasteiger charge is 2.21. The predicted octanol–water partition coefficient (Wildman–Crippen LogP) is 3.63. The first-order chi connectivity index (χ1) is 10.1. The molecule has 1 aliphatic rings. The van der Waals surface area contributed by atoms with E-state index in [-0.39, 0.29) is 0 Å². The average Bonchev–Trinajstić information content (AvgIpc) is 3.20. The minimum atomic E-state index is 0.693. The van der Waals surface area contributed by atoms with Crippen LogP contribution in [0.3, 0.4) is 0 Å². The van der Waals surface area contributed by atoms with Crippen molar-refractivity contribution in [3.05, 3.63) is 46.0 Å². The number of nitrogens with one attached hydrogen (secondary N) is 1. The molecule has 2 aromatic rings. The highest BCUT2D eigenvalue weighted by molar-refractivity contribution is 9.10. The van der Waals surface area contributed by atoms with Crippen LogP contribution in [-0.2, 0) is 13.1 Å². The fraction of sp³-hybridized carbons (Fsp3) is 0.438. The molecule has 1 fully saturated rings. The molecule has 112 valence electrons. The average molecular weight is 350 g/mol. The van der Waals surface area contributed by atoms with Gasteiger partial charge in [-0.1, -0.05) is 0 Å². The molecule has 0 unspecified atom stereocenters. The van der Waals surface area contributed by atoms with E-state index in [1.165, 1.54) is 24.0 Å². The normalized spacial score (nSPS) is 14.4. The zero-order chi connectivity index (χ0) is 14.8. The van der Waals surface area contributed by atoms with Crippen molar-refractivity contribution in [2.24, 2.45) is 0 Å². The Morgan fingerprint density at radius 2 is 2.24 bits per heavy atom. The molecule has 4 nitrogen and oxygen atoms in total. The monoisotopic (exact) mass is 349 g/mol. The van der Waals surface area contributed by atoms with Crippen LogP contribution in [0.1, 0.15) is 29.7 Å². The summed E-state index contributed by atoms with van der Waals surface area (Å²) in [6, 6.07) is 4.86. The van der Waals surface area contributed by atoms with Gasteiger partial charge in [0.1, 0.15) is 11.6 Å². The fourth-order valence-electron chi connectivity index (χ4n) is 2.40. The van der Waals surface area contributed by atoms with Crippen molar-refractivity contribution in [3.63, 3.8) is 0 Å². The van der Waals surface area contributed by atoms with Crippen LogP contribution in [0, 0.1) is 6.92 Å².